The van der Waals surface area contributed by atoms with Crippen LogP contribution in [0.2, 0.25) is 0 Å². The second kappa shape index (κ2) is 8.73. The number of anilines is 1. The highest BCUT2D eigenvalue weighted by Gasteiger charge is 2.13. The van der Waals surface area contributed by atoms with Gasteiger partial charge in [-0.25, -0.2) is 14.4 Å². The molecule has 8 heteroatoms. The maximum Gasteiger partial charge on any atom is 0.234 e. The van der Waals surface area contributed by atoms with Crippen LogP contribution in [0.3, 0.4) is 0 Å². The monoisotopic (exact) mass is 437 g/mol. The molecule has 5 nitrogen and oxygen atoms in total. The number of hydrogen-bond acceptors (Lipinski definition) is 6. The predicted molar refractivity (Wildman–Crippen MR) is 119 cm³/mol. The third-order valence-electron chi connectivity index (χ3n) is 4.30. The molecule has 1 N–H and O–H groups in total. The van der Waals surface area contributed by atoms with Gasteiger partial charge in [-0.2, -0.15) is 0 Å². The maximum atomic E-state index is 13.2. The lowest BCUT2D eigenvalue weighted by atomic mass is 10.1. The van der Waals surface area contributed by atoms with Crippen molar-refractivity contribution in [2.45, 2.75) is 11.9 Å². The first-order chi connectivity index (χ1) is 14.5. The van der Waals surface area contributed by atoms with Gasteiger partial charge in [0.15, 0.2) is 5.78 Å². The molecular formula is C22H16FN3O2S2. The van der Waals surface area contributed by atoms with Crippen LogP contribution in [0, 0.1) is 5.82 Å². The minimum atomic E-state index is -0.282. The zero-order valence-electron chi connectivity index (χ0n) is 15.9. The van der Waals surface area contributed by atoms with Gasteiger partial charge in [-0.05, 0) is 42.8 Å². The van der Waals surface area contributed by atoms with Gasteiger partial charge in [0.1, 0.15) is 17.2 Å². The Morgan fingerprint density at radius 2 is 1.90 bits per heavy atom. The lowest BCUT2D eigenvalue weighted by Crippen LogP contribution is -2.14. The van der Waals surface area contributed by atoms with Crippen molar-refractivity contribution in [1.82, 2.24) is 9.97 Å². The number of carbonyl (C=O) groups excluding carboxylic acids is 2. The fourth-order valence-corrected chi connectivity index (χ4v) is 4.84. The van der Waals surface area contributed by atoms with E-state index >= 15 is 0 Å². The third-order valence-corrected chi connectivity index (χ3v) is 6.60. The zero-order chi connectivity index (χ0) is 21.1. The van der Waals surface area contributed by atoms with Crippen molar-refractivity contribution in [2.24, 2.45) is 0 Å². The lowest BCUT2D eigenvalue weighted by Gasteiger charge is -2.06. The number of aromatic nitrogens is 2. The van der Waals surface area contributed by atoms with Gasteiger partial charge in [0.2, 0.25) is 5.91 Å². The second-order valence-electron chi connectivity index (χ2n) is 6.48. The molecule has 1 amide bonds. The van der Waals surface area contributed by atoms with E-state index in [1.165, 1.54) is 48.5 Å². The Bertz CT molecular complexity index is 1240. The molecule has 0 atom stereocenters. The number of thioether (sulfide) groups is 1. The number of amides is 1. The van der Waals surface area contributed by atoms with Crippen LogP contribution >= 0.6 is 23.1 Å². The molecule has 0 unspecified atom stereocenters. The van der Waals surface area contributed by atoms with Crippen LogP contribution in [0.25, 0.3) is 20.7 Å². The minimum Gasteiger partial charge on any atom is -0.325 e. The van der Waals surface area contributed by atoms with Gasteiger partial charge >= 0.3 is 0 Å². The number of Topliss-reactive ketones (excluding diaryl/α,β-unsaturated/α-hetero) is 1. The van der Waals surface area contributed by atoms with Crippen molar-refractivity contribution in [3.8, 4) is 10.4 Å². The fraction of sp³-hybridized carbons (Fsp3) is 0.0909. The second-order valence-corrected chi connectivity index (χ2v) is 8.50. The molecule has 0 radical (unpaired) electrons. The maximum absolute atomic E-state index is 13.2. The van der Waals surface area contributed by atoms with E-state index in [4.69, 9.17) is 0 Å². The van der Waals surface area contributed by atoms with E-state index < -0.39 is 0 Å². The van der Waals surface area contributed by atoms with Crippen LogP contribution < -0.4 is 5.32 Å². The molecule has 2 aromatic heterocycles. The Labute approximate surface area is 180 Å². The summed E-state index contributed by atoms with van der Waals surface area (Å²) in [5, 5.41) is 3.52. The number of thiophene rings is 1. The highest BCUT2D eigenvalue weighted by atomic mass is 32.2. The summed E-state index contributed by atoms with van der Waals surface area (Å²) < 4.78 is 14.1. The number of nitrogens with one attached hydrogen (secondary N) is 1. The zero-order valence-corrected chi connectivity index (χ0v) is 17.5. The first-order valence-electron chi connectivity index (χ1n) is 9.04. The molecule has 4 aromatic rings. The molecule has 2 aromatic carbocycles. The minimum absolute atomic E-state index is 0.0569. The Balaban J connectivity index is 1.48. The van der Waals surface area contributed by atoms with Crippen LogP contribution in [-0.4, -0.2) is 27.4 Å². The summed E-state index contributed by atoms with van der Waals surface area (Å²) in [4.78, 5) is 33.4. The summed E-state index contributed by atoms with van der Waals surface area (Å²) >= 11 is 2.83. The summed E-state index contributed by atoms with van der Waals surface area (Å²) in [6.07, 6.45) is 1.47. The van der Waals surface area contributed by atoms with Crippen molar-refractivity contribution >= 4 is 50.7 Å². The highest BCUT2D eigenvalue weighted by Crippen LogP contribution is 2.36. The molecule has 0 fully saturated rings. The van der Waals surface area contributed by atoms with Crippen molar-refractivity contribution in [2.75, 3.05) is 11.1 Å². The summed E-state index contributed by atoms with van der Waals surface area (Å²) in [5.41, 5.74) is 2.81. The molecule has 150 valence electrons. The molecule has 0 aliphatic heterocycles. The molecule has 2 heterocycles. The molecule has 0 spiro atoms. The third kappa shape index (κ3) is 4.55. The van der Waals surface area contributed by atoms with Crippen LogP contribution in [0.15, 0.2) is 66.0 Å². The summed E-state index contributed by atoms with van der Waals surface area (Å²) in [6.45, 7) is 1.48. The number of hydrogen-bond donors (Lipinski definition) is 1. The topological polar surface area (TPSA) is 72.0 Å². The van der Waals surface area contributed by atoms with Gasteiger partial charge in [-0.3, -0.25) is 9.59 Å². The lowest BCUT2D eigenvalue weighted by molar-refractivity contribution is -0.113. The highest BCUT2D eigenvalue weighted by molar-refractivity contribution is 8.00. The van der Waals surface area contributed by atoms with Crippen LogP contribution in [-0.2, 0) is 4.79 Å². The van der Waals surface area contributed by atoms with Crippen molar-refractivity contribution in [3.63, 3.8) is 0 Å². The summed E-state index contributed by atoms with van der Waals surface area (Å²) in [6, 6.07) is 15.1. The smallest absolute Gasteiger partial charge is 0.234 e. The Hall–Kier alpha value is -3.10. The van der Waals surface area contributed by atoms with E-state index in [0.717, 1.165) is 20.7 Å². The fourth-order valence-electron chi connectivity index (χ4n) is 2.84. The number of benzene rings is 2. The van der Waals surface area contributed by atoms with E-state index in [9.17, 15) is 14.0 Å². The van der Waals surface area contributed by atoms with Gasteiger partial charge in [0.25, 0.3) is 0 Å². The number of rotatable bonds is 6. The number of nitrogens with zero attached hydrogens (tertiary/aromatic N) is 2. The number of fused-ring (bicyclic) bond motifs is 1. The van der Waals surface area contributed by atoms with Crippen LogP contribution in [0.1, 0.15) is 17.3 Å². The molecule has 0 saturated carbocycles. The van der Waals surface area contributed by atoms with E-state index in [1.807, 2.05) is 6.07 Å². The quantitative estimate of drug-likeness (QED) is 0.247. The standard InChI is InChI=1S/C22H16FN3O2S2/c1-13(27)15-3-2-4-17(9-15)26-20(28)11-29-22-21-18(24-12-25-22)10-19(30-21)14-5-7-16(23)8-6-14/h2-10,12H,11H2,1H3,(H,26,28). The number of carbonyl (C=O) groups is 2. The van der Waals surface area contributed by atoms with Gasteiger partial charge in [-0.15, -0.1) is 11.3 Å². The molecule has 4 rings (SSSR count). The summed E-state index contributed by atoms with van der Waals surface area (Å²) in [5.74, 6) is -0.364. The largest absolute Gasteiger partial charge is 0.325 e. The normalized spacial score (nSPS) is 10.9. The first kappa shape index (κ1) is 20.2. The Kier molecular flexibility index (Phi) is 5.87. The average molecular weight is 438 g/mol. The van der Waals surface area contributed by atoms with E-state index in [1.54, 1.807) is 36.4 Å². The molecule has 0 aliphatic rings. The molecule has 30 heavy (non-hydrogen) atoms. The number of halogens is 1. The van der Waals surface area contributed by atoms with Gasteiger partial charge < -0.3 is 5.32 Å². The van der Waals surface area contributed by atoms with Crippen LogP contribution in [0.5, 0.6) is 0 Å². The number of ketones is 1. The first-order valence-corrected chi connectivity index (χ1v) is 10.8. The van der Waals surface area contributed by atoms with Crippen molar-refractivity contribution in [3.05, 3.63) is 72.3 Å². The Morgan fingerprint density at radius 1 is 1.10 bits per heavy atom. The van der Waals surface area contributed by atoms with E-state index in [0.29, 0.717) is 16.3 Å². The molecule has 0 bridgehead atoms. The van der Waals surface area contributed by atoms with E-state index in [2.05, 4.69) is 15.3 Å². The molecule has 0 saturated heterocycles. The Morgan fingerprint density at radius 3 is 2.67 bits per heavy atom. The molecule has 0 aliphatic carbocycles. The van der Waals surface area contributed by atoms with Gasteiger partial charge in [0, 0.05) is 16.1 Å². The van der Waals surface area contributed by atoms with E-state index in [-0.39, 0.29) is 23.3 Å². The van der Waals surface area contributed by atoms with Crippen molar-refractivity contribution < 1.29 is 14.0 Å². The van der Waals surface area contributed by atoms with Crippen molar-refractivity contribution in [1.29, 1.82) is 0 Å². The average Bonchev–Trinajstić information content (AvgIpc) is 3.18. The van der Waals surface area contributed by atoms with Gasteiger partial charge in [-0.1, -0.05) is 36.0 Å². The molecular weight excluding hydrogens is 421 g/mol. The SMILES string of the molecule is CC(=O)c1cccc(NC(=O)CSc2ncnc3cc(-c4ccc(F)cc4)sc23)c1. The predicted octanol–water partition coefficient (Wildman–Crippen LogP) is 5.43. The van der Waals surface area contributed by atoms with Crippen LogP contribution in [0.4, 0.5) is 10.1 Å². The van der Waals surface area contributed by atoms with Gasteiger partial charge in [0.05, 0.1) is 16.0 Å². The summed E-state index contributed by atoms with van der Waals surface area (Å²) in [7, 11) is 0.